The third-order valence-corrected chi connectivity index (χ3v) is 10.8. The van der Waals surface area contributed by atoms with E-state index in [-0.39, 0.29) is 5.57 Å². The normalized spacial score (nSPS) is 12.5. The molecule has 0 saturated heterocycles. The summed E-state index contributed by atoms with van der Waals surface area (Å²) in [4.78, 5) is 19.3. The van der Waals surface area contributed by atoms with Crippen molar-refractivity contribution in [1.82, 2.24) is 0 Å². The highest BCUT2D eigenvalue weighted by atomic mass is 32.1. The summed E-state index contributed by atoms with van der Waals surface area (Å²) in [5.41, 5.74) is 4.09. The van der Waals surface area contributed by atoms with Crippen LogP contribution in [0.4, 0.5) is 17.1 Å². The molecule has 0 saturated carbocycles. The molecule has 6 nitrogen and oxygen atoms in total. The van der Waals surface area contributed by atoms with Crippen molar-refractivity contribution in [2.75, 3.05) is 18.1 Å². The van der Waals surface area contributed by atoms with Crippen LogP contribution in [-0.2, 0) is 4.79 Å². The predicted molar refractivity (Wildman–Crippen MR) is 183 cm³/mol. The predicted octanol–water partition coefficient (Wildman–Crippen LogP) is 10.1. The Bertz CT molecular complexity index is 2010. The van der Waals surface area contributed by atoms with E-state index in [2.05, 4.69) is 89.8 Å². The molecule has 3 aromatic carbocycles. The Balaban J connectivity index is 1.20. The molecular weight excluding hydrogens is 621 g/mol. The van der Waals surface area contributed by atoms with Crippen LogP contribution < -0.4 is 14.4 Å². The lowest BCUT2D eigenvalue weighted by Crippen LogP contribution is -2.14. The first-order chi connectivity index (χ1) is 22.1. The van der Waals surface area contributed by atoms with Gasteiger partial charge in [-0.1, -0.05) is 48.5 Å². The zero-order valence-corrected chi connectivity index (χ0v) is 26.1. The molecule has 0 unspecified atom stereocenters. The van der Waals surface area contributed by atoms with E-state index < -0.39 is 5.97 Å². The number of hydrogen-bond acceptors (Lipinski definition) is 8. The van der Waals surface area contributed by atoms with E-state index in [1.54, 1.807) is 28.7 Å². The van der Waals surface area contributed by atoms with Crippen molar-refractivity contribution in [3.8, 4) is 47.5 Å². The molecule has 3 aromatic heterocycles. The molecule has 1 N–H and O–H groups in total. The number of hydrogen-bond donors (Lipinski definition) is 1. The van der Waals surface area contributed by atoms with E-state index in [0.717, 1.165) is 52.8 Å². The van der Waals surface area contributed by atoms with Gasteiger partial charge < -0.3 is 19.5 Å². The molecule has 9 heteroatoms. The molecule has 0 bridgehead atoms. The highest BCUT2D eigenvalue weighted by Gasteiger charge is 2.28. The maximum Gasteiger partial charge on any atom is 0.346 e. The first kappa shape index (κ1) is 28.6. The topological polar surface area (TPSA) is 82.8 Å². The summed E-state index contributed by atoms with van der Waals surface area (Å²) in [6, 6.07) is 39.1. The van der Waals surface area contributed by atoms with Gasteiger partial charge >= 0.3 is 5.97 Å². The number of carboxylic acids is 1. The fraction of sp³-hybridized carbons (Fsp3) is 0.0556. The molecule has 0 radical (unpaired) electrons. The molecule has 0 fully saturated rings. The second-order valence-corrected chi connectivity index (χ2v) is 13.2. The smallest absolute Gasteiger partial charge is 0.346 e. The van der Waals surface area contributed by atoms with E-state index >= 15 is 0 Å². The van der Waals surface area contributed by atoms with Crippen molar-refractivity contribution in [3.05, 3.63) is 120 Å². The highest BCUT2D eigenvalue weighted by Crippen LogP contribution is 2.56. The van der Waals surface area contributed by atoms with E-state index in [1.807, 2.05) is 24.3 Å². The van der Waals surface area contributed by atoms with Gasteiger partial charge in [-0.05, 0) is 72.3 Å². The number of carboxylic acid groups (broad SMARTS) is 1. The minimum absolute atomic E-state index is 0.302. The van der Waals surface area contributed by atoms with Gasteiger partial charge in [-0.25, -0.2) is 4.79 Å². The van der Waals surface area contributed by atoms with Crippen molar-refractivity contribution in [2.45, 2.75) is 0 Å². The molecule has 45 heavy (non-hydrogen) atoms. The lowest BCUT2D eigenvalue weighted by atomic mass is 10.1. The highest BCUT2D eigenvalue weighted by molar-refractivity contribution is 7.28. The minimum atomic E-state index is -1.24. The number of carbonyl (C=O) groups is 1. The van der Waals surface area contributed by atoms with Crippen molar-refractivity contribution in [2.24, 2.45) is 0 Å². The zero-order valence-electron chi connectivity index (χ0n) is 23.7. The van der Waals surface area contributed by atoms with Gasteiger partial charge in [0.05, 0.1) is 9.75 Å². The van der Waals surface area contributed by atoms with Crippen molar-refractivity contribution < 1.29 is 19.4 Å². The van der Waals surface area contributed by atoms with Crippen LogP contribution in [0, 0.1) is 11.3 Å². The number of benzene rings is 3. The molecule has 1 aliphatic heterocycles. The Morgan fingerprint density at radius 2 is 1.22 bits per heavy atom. The zero-order chi connectivity index (χ0) is 30.8. The average molecular weight is 645 g/mol. The molecule has 4 heterocycles. The van der Waals surface area contributed by atoms with Gasteiger partial charge in [-0.3, -0.25) is 0 Å². The lowest BCUT2D eigenvalue weighted by Gasteiger charge is -2.25. The second kappa shape index (κ2) is 12.5. The van der Waals surface area contributed by atoms with Gasteiger partial charge in [0.25, 0.3) is 0 Å². The first-order valence-corrected chi connectivity index (χ1v) is 16.5. The number of fused-ring (bicyclic) bond motifs is 1. The van der Waals surface area contributed by atoms with Crippen LogP contribution in [0.3, 0.4) is 0 Å². The maximum absolute atomic E-state index is 11.3. The molecule has 0 spiro atoms. The number of nitrogens with zero attached hydrogens (tertiary/aromatic N) is 2. The molecule has 7 rings (SSSR count). The maximum atomic E-state index is 11.3. The SMILES string of the molecule is N#C/C(=C\c1ccc(-c2sc(-c3ccc(-c4ccc(N(c5ccccc5)c5ccccc5)cc4)s3)c3c2OCCO3)s1)C(=O)O. The number of anilines is 3. The molecular formula is C36H24N2O4S3. The van der Waals surface area contributed by atoms with Crippen LogP contribution in [0.15, 0.2) is 115 Å². The first-order valence-electron chi connectivity index (χ1n) is 14.1. The van der Waals surface area contributed by atoms with E-state index in [9.17, 15) is 9.90 Å². The molecule has 1 aliphatic rings. The fourth-order valence-electron chi connectivity index (χ4n) is 5.10. The Morgan fingerprint density at radius 1 is 0.689 bits per heavy atom. The van der Waals surface area contributed by atoms with Gasteiger partial charge in [0.2, 0.25) is 0 Å². The summed E-state index contributed by atoms with van der Waals surface area (Å²) < 4.78 is 12.2. The van der Waals surface area contributed by atoms with Crippen LogP contribution >= 0.6 is 34.0 Å². The van der Waals surface area contributed by atoms with Crippen molar-refractivity contribution >= 4 is 63.1 Å². The van der Waals surface area contributed by atoms with Gasteiger partial charge in [0.1, 0.15) is 24.9 Å². The second-order valence-electron chi connectivity index (χ2n) is 10.0. The summed E-state index contributed by atoms with van der Waals surface area (Å²) in [6.07, 6.45) is 1.39. The quantitative estimate of drug-likeness (QED) is 0.131. The van der Waals surface area contributed by atoms with E-state index in [1.165, 1.54) is 17.4 Å². The Hall–Kier alpha value is -5.14. The van der Waals surface area contributed by atoms with Gasteiger partial charge in [0, 0.05) is 36.6 Å². The number of para-hydroxylation sites is 2. The minimum Gasteiger partial charge on any atom is -0.485 e. The van der Waals surface area contributed by atoms with Gasteiger partial charge in [0.15, 0.2) is 11.5 Å². The summed E-state index contributed by atoms with van der Waals surface area (Å²) in [5, 5.41) is 18.4. The largest absolute Gasteiger partial charge is 0.485 e. The van der Waals surface area contributed by atoms with E-state index in [0.29, 0.717) is 23.8 Å². The molecule has 0 aliphatic carbocycles. The average Bonchev–Trinajstić information content (AvgIpc) is 3.84. The summed E-state index contributed by atoms with van der Waals surface area (Å²) >= 11 is 4.71. The number of thiophene rings is 3. The summed E-state index contributed by atoms with van der Waals surface area (Å²) in [6.45, 7) is 0.925. The molecule has 0 atom stereocenters. The number of ether oxygens (including phenoxy) is 2. The number of aliphatic carboxylic acids is 1. The lowest BCUT2D eigenvalue weighted by molar-refractivity contribution is -0.132. The van der Waals surface area contributed by atoms with Gasteiger partial charge in [-0.2, -0.15) is 5.26 Å². The fourth-order valence-corrected chi connectivity index (χ4v) is 8.47. The standard InChI is InChI=1S/C36H24N2O4S3/c37-22-24(36(39)40)21-28-15-16-30(43-28)34-32-33(42-20-19-41-32)35(45-34)31-18-17-29(44-31)23-11-13-27(14-12-23)38(25-7-3-1-4-8-25)26-9-5-2-6-10-26/h1-18,21H,19-20H2,(H,39,40)/b24-21+. The Labute approximate surface area is 271 Å². The van der Waals surface area contributed by atoms with Gasteiger partial charge in [-0.15, -0.1) is 34.0 Å². The van der Waals surface area contributed by atoms with Crippen molar-refractivity contribution in [1.29, 1.82) is 5.26 Å². The molecule has 0 amide bonds. The summed E-state index contributed by atoms with van der Waals surface area (Å²) in [7, 11) is 0. The number of rotatable bonds is 8. The molecule has 220 valence electrons. The Kier molecular flexibility index (Phi) is 7.92. The van der Waals surface area contributed by atoms with Crippen molar-refractivity contribution in [3.63, 3.8) is 0 Å². The van der Waals surface area contributed by atoms with Crippen LogP contribution in [0.2, 0.25) is 0 Å². The molecule has 6 aromatic rings. The van der Waals surface area contributed by atoms with Crippen LogP contribution in [0.5, 0.6) is 11.5 Å². The summed E-state index contributed by atoms with van der Waals surface area (Å²) in [5.74, 6) is 0.200. The van der Waals surface area contributed by atoms with Crippen LogP contribution in [0.1, 0.15) is 4.88 Å². The third kappa shape index (κ3) is 5.75. The van der Waals surface area contributed by atoms with Crippen LogP contribution in [-0.4, -0.2) is 24.3 Å². The number of nitriles is 1. The third-order valence-electron chi connectivity index (χ3n) is 7.16. The van der Waals surface area contributed by atoms with E-state index in [4.69, 9.17) is 14.7 Å². The Morgan fingerprint density at radius 3 is 1.80 bits per heavy atom. The monoisotopic (exact) mass is 644 g/mol. The van der Waals surface area contributed by atoms with Crippen LogP contribution in [0.25, 0.3) is 36.0 Å².